The summed E-state index contributed by atoms with van der Waals surface area (Å²) in [6.45, 7) is 2.30. The zero-order chi connectivity index (χ0) is 20.1. The summed E-state index contributed by atoms with van der Waals surface area (Å²) in [6.07, 6.45) is 6.25. The zero-order valence-electron chi connectivity index (χ0n) is 16.3. The summed E-state index contributed by atoms with van der Waals surface area (Å²) in [4.78, 5) is 23.0. The van der Waals surface area contributed by atoms with Crippen LogP contribution >= 0.6 is 0 Å². The number of pyridine rings is 2. The van der Waals surface area contributed by atoms with Crippen molar-refractivity contribution in [1.29, 1.82) is 0 Å². The van der Waals surface area contributed by atoms with Gasteiger partial charge in [-0.2, -0.15) is 5.10 Å². The predicted molar refractivity (Wildman–Crippen MR) is 114 cm³/mol. The van der Waals surface area contributed by atoms with Crippen LogP contribution < -0.4 is 5.32 Å². The average Bonchev–Trinajstić information content (AvgIpc) is 3.32. The molecule has 0 unspecified atom stereocenters. The summed E-state index contributed by atoms with van der Waals surface area (Å²) >= 11 is 0. The van der Waals surface area contributed by atoms with Crippen molar-refractivity contribution in [2.45, 2.75) is 18.4 Å². The van der Waals surface area contributed by atoms with E-state index in [0.29, 0.717) is 18.8 Å². The molecular formula is C23H20N6O. The summed E-state index contributed by atoms with van der Waals surface area (Å²) in [5.74, 6) is 0. The monoisotopic (exact) mass is 396 g/mol. The Bertz CT molecular complexity index is 1260. The number of nitrogens with zero attached hydrogens (tertiary/aromatic N) is 5. The minimum atomic E-state index is -0.0782. The second-order valence-corrected chi connectivity index (χ2v) is 8.11. The van der Waals surface area contributed by atoms with Crippen molar-refractivity contribution in [1.82, 2.24) is 24.6 Å². The summed E-state index contributed by atoms with van der Waals surface area (Å²) in [5, 5.41) is 8.86. The number of hydrogen-bond donors (Lipinski definition) is 1. The van der Waals surface area contributed by atoms with Crippen LogP contribution in [-0.4, -0.2) is 43.8 Å². The molecule has 1 fully saturated rings. The van der Waals surface area contributed by atoms with E-state index in [1.54, 1.807) is 12.4 Å². The van der Waals surface area contributed by atoms with Crippen molar-refractivity contribution < 1.29 is 4.79 Å². The summed E-state index contributed by atoms with van der Waals surface area (Å²) in [5.41, 5.74) is 4.89. The molecule has 3 aromatic heterocycles. The number of urea groups is 1. The maximum absolute atomic E-state index is 12.6. The molecule has 0 saturated carbocycles. The van der Waals surface area contributed by atoms with Crippen LogP contribution in [0, 0.1) is 0 Å². The van der Waals surface area contributed by atoms with Crippen molar-refractivity contribution in [3.63, 3.8) is 0 Å². The number of aryl methyl sites for hydroxylation is 1. The maximum atomic E-state index is 12.6. The van der Waals surface area contributed by atoms with Crippen LogP contribution in [0.3, 0.4) is 0 Å². The zero-order valence-corrected chi connectivity index (χ0v) is 16.3. The Morgan fingerprint density at radius 1 is 1.07 bits per heavy atom. The number of nitrogens with one attached hydrogen (secondary N) is 1. The van der Waals surface area contributed by atoms with Gasteiger partial charge < -0.3 is 10.2 Å². The lowest BCUT2D eigenvalue weighted by Gasteiger charge is -2.47. The molecule has 2 amide bonds. The Labute approximate surface area is 173 Å². The number of benzene rings is 1. The molecule has 4 aromatic rings. The van der Waals surface area contributed by atoms with Crippen LogP contribution in [0.4, 0.5) is 10.5 Å². The largest absolute Gasteiger partial charge is 0.322 e. The van der Waals surface area contributed by atoms with Gasteiger partial charge in [0, 0.05) is 54.1 Å². The van der Waals surface area contributed by atoms with E-state index in [-0.39, 0.29) is 11.4 Å². The molecular weight excluding hydrogens is 376 g/mol. The van der Waals surface area contributed by atoms with Gasteiger partial charge in [-0.1, -0.05) is 18.2 Å². The Balaban J connectivity index is 1.22. The Kier molecular flexibility index (Phi) is 3.65. The van der Waals surface area contributed by atoms with E-state index in [2.05, 4.69) is 38.2 Å². The van der Waals surface area contributed by atoms with Crippen molar-refractivity contribution in [2.75, 3.05) is 18.4 Å². The van der Waals surface area contributed by atoms with E-state index in [4.69, 9.17) is 5.10 Å². The lowest BCUT2D eigenvalue weighted by atomic mass is 9.76. The number of anilines is 1. The van der Waals surface area contributed by atoms with Gasteiger partial charge in [0.2, 0.25) is 0 Å². The first-order chi connectivity index (χ1) is 14.7. The molecule has 0 radical (unpaired) electrons. The van der Waals surface area contributed by atoms with Gasteiger partial charge in [0.25, 0.3) is 0 Å². The fourth-order valence-corrected chi connectivity index (χ4v) is 4.60. The second kappa shape index (κ2) is 6.38. The molecule has 30 heavy (non-hydrogen) atoms. The second-order valence-electron chi connectivity index (χ2n) is 8.11. The van der Waals surface area contributed by atoms with E-state index >= 15 is 0 Å². The third-order valence-corrected chi connectivity index (χ3v) is 6.20. The molecule has 148 valence electrons. The van der Waals surface area contributed by atoms with Crippen molar-refractivity contribution in [3.05, 3.63) is 72.8 Å². The normalized spacial score (nSPS) is 16.5. The Morgan fingerprint density at radius 2 is 1.97 bits per heavy atom. The lowest BCUT2D eigenvalue weighted by molar-refractivity contribution is 0.101. The molecule has 2 aliphatic heterocycles. The van der Waals surface area contributed by atoms with Crippen molar-refractivity contribution in [3.8, 4) is 11.3 Å². The maximum Gasteiger partial charge on any atom is 0.321 e. The predicted octanol–water partition coefficient (Wildman–Crippen LogP) is 3.68. The van der Waals surface area contributed by atoms with Gasteiger partial charge in [-0.3, -0.25) is 14.6 Å². The van der Waals surface area contributed by atoms with Crippen LogP contribution in [0.2, 0.25) is 0 Å². The number of carbonyl (C=O) groups excluding carboxylic acids is 1. The topological polar surface area (TPSA) is 75.9 Å². The first kappa shape index (κ1) is 17.1. The van der Waals surface area contributed by atoms with Crippen molar-refractivity contribution >= 4 is 22.6 Å². The molecule has 1 saturated heterocycles. The fraction of sp³-hybridized carbons (Fsp3) is 0.217. The molecule has 1 aromatic carbocycles. The smallest absolute Gasteiger partial charge is 0.321 e. The van der Waals surface area contributed by atoms with Crippen LogP contribution in [0.15, 0.2) is 67.1 Å². The Morgan fingerprint density at radius 3 is 2.83 bits per heavy atom. The SMILES string of the molecule is O=C(Nc1cccnc1)N1CC2(CCn3nc(-c4cnc5ccccc5c4)cc32)C1. The lowest BCUT2D eigenvalue weighted by Crippen LogP contribution is -2.61. The average molecular weight is 396 g/mol. The third kappa shape index (κ3) is 2.66. The quantitative estimate of drug-likeness (QED) is 0.561. The first-order valence-corrected chi connectivity index (χ1v) is 10.1. The van der Waals surface area contributed by atoms with Crippen LogP contribution in [-0.2, 0) is 12.0 Å². The van der Waals surface area contributed by atoms with Gasteiger partial charge >= 0.3 is 6.03 Å². The van der Waals surface area contributed by atoms with E-state index in [0.717, 1.165) is 35.1 Å². The molecule has 7 heteroatoms. The highest BCUT2D eigenvalue weighted by molar-refractivity contribution is 5.90. The highest BCUT2D eigenvalue weighted by Crippen LogP contribution is 2.44. The molecule has 0 bridgehead atoms. The van der Waals surface area contributed by atoms with E-state index in [1.165, 1.54) is 5.69 Å². The summed E-state index contributed by atoms with van der Waals surface area (Å²) in [6, 6.07) is 16.0. The third-order valence-electron chi connectivity index (χ3n) is 6.20. The molecule has 2 aliphatic rings. The molecule has 6 rings (SSSR count). The standard InChI is InChI=1S/C23H20N6O/c30-22(26-18-5-3-8-24-13-18)28-14-23(15-28)7-9-29-21(23)11-20(27-29)17-10-16-4-1-2-6-19(16)25-12-17/h1-6,8,10-13H,7,9,14-15H2,(H,26,30). The van der Waals surface area contributed by atoms with Crippen molar-refractivity contribution in [2.24, 2.45) is 0 Å². The molecule has 5 heterocycles. The number of likely N-dealkylation sites (tertiary alicyclic amines) is 1. The number of fused-ring (bicyclic) bond motifs is 3. The van der Waals surface area contributed by atoms with Gasteiger partial charge in [0.1, 0.15) is 0 Å². The van der Waals surface area contributed by atoms with Gasteiger partial charge in [0.05, 0.1) is 23.1 Å². The minimum Gasteiger partial charge on any atom is -0.322 e. The minimum absolute atomic E-state index is 0.00179. The van der Waals surface area contributed by atoms with Crippen LogP contribution in [0.1, 0.15) is 12.1 Å². The summed E-state index contributed by atoms with van der Waals surface area (Å²) < 4.78 is 2.10. The number of aromatic nitrogens is 4. The van der Waals surface area contributed by atoms with Gasteiger partial charge in [-0.15, -0.1) is 0 Å². The molecule has 0 atom stereocenters. The highest BCUT2D eigenvalue weighted by Gasteiger charge is 2.51. The number of rotatable bonds is 2. The number of hydrogen-bond acceptors (Lipinski definition) is 4. The Hall–Kier alpha value is -3.74. The number of amides is 2. The van der Waals surface area contributed by atoms with Gasteiger partial charge in [0.15, 0.2) is 0 Å². The summed E-state index contributed by atoms with van der Waals surface area (Å²) in [7, 11) is 0. The number of para-hydroxylation sites is 1. The molecule has 1 spiro atoms. The van der Waals surface area contributed by atoms with Crippen LogP contribution in [0.25, 0.3) is 22.2 Å². The van der Waals surface area contributed by atoms with Gasteiger partial charge in [-0.05, 0) is 36.8 Å². The van der Waals surface area contributed by atoms with E-state index in [1.807, 2.05) is 41.4 Å². The van der Waals surface area contributed by atoms with E-state index in [9.17, 15) is 4.79 Å². The highest BCUT2D eigenvalue weighted by atomic mass is 16.2. The van der Waals surface area contributed by atoms with Crippen LogP contribution in [0.5, 0.6) is 0 Å². The molecule has 0 aliphatic carbocycles. The first-order valence-electron chi connectivity index (χ1n) is 10.1. The fourth-order valence-electron chi connectivity index (χ4n) is 4.60. The molecule has 1 N–H and O–H groups in total. The number of carbonyl (C=O) groups is 1. The van der Waals surface area contributed by atoms with Gasteiger partial charge in [-0.25, -0.2) is 4.79 Å². The molecule has 7 nitrogen and oxygen atoms in total. The van der Waals surface area contributed by atoms with E-state index < -0.39 is 0 Å².